The van der Waals surface area contributed by atoms with Crippen LogP contribution in [0.5, 0.6) is 11.5 Å². The lowest BCUT2D eigenvalue weighted by Crippen LogP contribution is -2.29. The van der Waals surface area contributed by atoms with Gasteiger partial charge in [0, 0.05) is 30.3 Å². The van der Waals surface area contributed by atoms with Crippen molar-refractivity contribution in [1.29, 1.82) is 0 Å². The number of ether oxygens (including phenoxy) is 2. The highest BCUT2D eigenvalue weighted by molar-refractivity contribution is 5.52. The molecule has 2 aromatic carbocycles. The molecule has 0 radical (unpaired) electrons. The molecule has 4 rings (SSSR count). The van der Waals surface area contributed by atoms with E-state index >= 15 is 0 Å². The Kier molecular flexibility index (Phi) is 4.81. The Morgan fingerprint density at radius 3 is 2.70 bits per heavy atom. The summed E-state index contributed by atoms with van der Waals surface area (Å²) in [5.41, 5.74) is 3.26. The molecule has 1 aliphatic rings. The second-order valence-electron chi connectivity index (χ2n) is 6.78. The Balaban J connectivity index is 1.54. The summed E-state index contributed by atoms with van der Waals surface area (Å²) in [5.74, 6) is 2.83. The van der Waals surface area contributed by atoms with Crippen molar-refractivity contribution in [1.82, 2.24) is 15.1 Å². The number of methoxy groups -OCH3 is 1. The van der Waals surface area contributed by atoms with E-state index in [9.17, 15) is 0 Å². The zero-order chi connectivity index (χ0) is 18.8. The molecule has 0 amide bonds. The Hall–Kier alpha value is -2.86. The number of nitrogens with zero attached hydrogens (tertiary/aromatic N) is 3. The van der Waals surface area contributed by atoms with E-state index in [0.29, 0.717) is 18.4 Å². The Bertz CT molecular complexity index is 921. The van der Waals surface area contributed by atoms with Gasteiger partial charge in [0.05, 0.1) is 13.2 Å². The molecule has 0 saturated heterocycles. The molecule has 0 fully saturated rings. The first-order valence-electron chi connectivity index (χ1n) is 9.08. The van der Waals surface area contributed by atoms with Crippen molar-refractivity contribution in [2.75, 3.05) is 20.3 Å². The van der Waals surface area contributed by atoms with Crippen molar-refractivity contribution in [2.24, 2.45) is 0 Å². The molecule has 0 saturated carbocycles. The van der Waals surface area contributed by atoms with Crippen LogP contribution < -0.4 is 9.47 Å². The van der Waals surface area contributed by atoms with Crippen LogP contribution in [0.1, 0.15) is 30.0 Å². The number of hydrogen-bond donors (Lipinski definition) is 0. The molecule has 1 atom stereocenters. The topological polar surface area (TPSA) is 60.6 Å². The first-order valence-corrected chi connectivity index (χ1v) is 9.08. The molecular weight excluding hydrogens is 342 g/mol. The molecule has 6 nitrogen and oxygen atoms in total. The van der Waals surface area contributed by atoms with Crippen molar-refractivity contribution in [3.8, 4) is 23.0 Å². The molecule has 0 bridgehead atoms. The van der Waals surface area contributed by atoms with Crippen LogP contribution in [-0.4, -0.2) is 35.4 Å². The lowest BCUT2D eigenvalue weighted by Gasteiger charge is -2.24. The molecule has 0 aliphatic carbocycles. The summed E-state index contributed by atoms with van der Waals surface area (Å²) < 4.78 is 17.2. The van der Waals surface area contributed by atoms with Gasteiger partial charge in [0.25, 0.3) is 0 Å². The van der Waals surface area contributed by atoms with Crippen LogP contribution in [0.25, 0.3) is 11.5 Å². The maximum Gasteiger partial charge on any atom is 0.247 e. The van der Waals surface area contributed by atoms with Crippen molar-refractivity contribution in [3.05, 3.63) is 59.5 Å². The monoisotopic (exact) mass is 365 g/mol. The standard InChI is InChI=1S/C21H23N3O3/c1-14-4-6-16(7-5-14)21-23-22-20(27-21)15(2)24-10-11-26-19-12-18(25-3)9-8-17(19)13-24/h4-9,12,15H,10-11,13H2,1-3H3. The molecule has 0 N–H and O–H groups in total. The van der Waals surface area contributed by atoms with Crippen molar-refractivity contribution in [2.45, 2.75) is 26.4 Å². The molecule has 1 aliphatic heterocycles. The van der Waals surface area contributed by atoms with E-state index in [0.717, 1.165) is 35.7 Å². The molecule has 27 heavy (non-hydrogen) atoms. The number of aryl methyl sites for hydroxylation is 1. The van der Waals surface area contributed by atoms with E-state index in [1.54, 1.807) is 7.11 Å². The largest absolute Gasteiger partial charge is 0.497 e. The lowest BCUT2D eigenvalue weighted by molar-refractivity contribution is 0.159. The number of hydrogen-bond acceptors (Lipinski definition) is 6. The van der Waals surface area contributed by atoms with Gasteiger partial charge >= 0.3 is 0 Å². The number of fused-ring (bicyclic) bond motifs is 1. The maximum atomic E-state index is 5.97. The zero-order valence-corrected chi connectivity index (χ0v) is 15.8. The highest BCUT2D eigenvalue weighted by atomic mass is 16.5. The van der Waals surface area contributed by atoms with E-state index in [1.807, 2.05) is 42.5 Å². The second kappa shape index (κ2) is 7.40. The van der Waals surface area contributed by atoms with Crippen LogP contribution in [0.4, 0.5) is 0 Å². The maximum absolute atomic E-state index is 5.97. The molecule has 2 heterocycles. The fourth-order valence-electron chi connectivity index (χ4n) is 3.20. The molecule has 1 aromatic heterocycles. The predicted molar refractivity (Wildman–Crippen MR) is 102 cm³/mol. The summed E-state index contributed by atoms with van der Waals surface area (Å²) in [6.07, 6.45) is 0. The van der Waals surface area contributed by atoms with Crippen molar-refractivity contribution >= 4 is 0 Å². The molecule has 1 unspecified atom stereocenters. The zero-order valence-electron chi connectivity index (χ0n) is 15.8. The van der Waals surface area contributed by atoms with Gasteiger partial charge in [-0.3, -0.25) is 4.90 Å². The summed E-state index contributed by atoms with van der Waals surface area (Å²) in [6.45, 7) is 6.27. The number of aromatic nitrogens is 2. The van der Waals surface area contributed by atoms with Gasteiger partial charge in [-0.05, 0) is 32.0 Å². The first-order chi connectivity index (χ1) is 13.1. The smallest absolute Gasteiger partial charge is 0.247 e. The minimum absolute atomic E-state index is 0.00616. The van der Waals surface area contributed by atoms with E-state index < -0.39 is 0 Å². The first kappa shape index (κ1) is 17.5. The van der Waals surface area contributed by atoms with Crippen LogP contribution in [0.2, 0.25) is 0 Å². The van der Waals surface area contributed by atoms with E-state index in [4.69, 9.17) is 13.9 Å². The fraction of sp³-hybridized carbons (Fsp3) is 0.333. The number of rotatable bonds is 4. The summed E-state index contributed by atoms with van der Waals surface area (Å²) in [4.78, 5) is 2.28. The van der Waals surface area contributed by atoms with Gasteiger partial charge in [0.15, 0.2) is 0 Å². The summed E-state index contributed by atoms with van der Waals surface area (Å²) in [7, 11) is 1.66. The van der Waals surface area contributed by atoms with Gasteiger partial charge in [0.1, 0.15) is 18.1 Å². The number of benzene rings is 2. The van der Waals surface area contributed by atoms with Crippen LogP contribution in [0, 0.1) is 6.92 Å². The van der Waals surface area contributed by atoms with Gasteiger partial charge in [0.2, 0.25) is 11.8 Å². The third-order valence-corrected chi connectivity index (χ3v) is 4.93. The SMILES string of the molecule is COc1ccc2c(c1)OCCN(C(C)c1nnc(-c3ccc(C)cc3)o1)C2. The third-order valence-electron chi connectivity index (χ3n) is 4.93. The average molecular weight is 365 g/mol. The van der Waals surface area contributed by atoms with Gasteiger partial charge in [-0.25, -0.2) is 0 Å². The van der Waals surface area contributed by atoms with Gasteiger partial charge < -0.3 is 13.9 Å². The van der Waals surface area contributed by atoms with Gasteiger partial charge in [-0.1, -0.05) is 23.8 Å². The predicted octanol–water partition coefficient (Wildman–Crippen LogP) is 4.01. The molecule has 0 spiro atoms. The normalized spacial score (nSPS) is 15.5. The van der Waals surface area contributed by atoms with Crippen LogP contribution in [0.3, 0.4) is 0 Å². The summed E-state index contributed by atoms with van der Waals surface area (Å²) in [6, 6.07) is 14.0. The lowest BCUT2D eigenvalue weighted by atomic mass is 10.1. The quantitative estimate of drug-likeness (QED) is 0.696. The fourth-order valence-corrected chi connectivity index (χ4v) is 3.20. The third kappa shape index (κ3) is 3.66. The Morgan fingerprint density at radius 2 is 1.93 bits per heavy atom. The van der Waals surface area contributed by atoms with Crippen molar-refractivity contribution in [3.63, 3.8) is 0 Å². The summed E-state index contributed by atoms with van der Waals surface area (Å²) >= 11 is 0. The van der Waals surface area contributed by atoms with Crippen LogP contribution in [-0.2, 0) is 6.54 Å². The van der Waals surface area contributed by atoms with Crippen LogP contribution >= 0.6 is 0 Å². The van der Waals surface area contributed by atoms with E-state index in [2.05, 4.69) is 28.9 Å². The molecular formula is C21H23N3O3. The average Bonchev–Trinajstić information content (AvgIpc) is 3.08. The Morgan fingerprint density at radius 1 is 1.11 bits per heavy atom. The second-order valence-corrected chi connectivity index (χ2v) is 6.78. The van der Waals surface area contributed by atoms with E-state index in [-0.39, 0.29) is 6.04 Å². The minimum Gasteiger partial charge on any atom is -0.497 e. The molecule has 3 aromatic rings. The van der Waals surface area contributed by atoms with E-state index in [1.165, 1.54) is 5.56 Å². The van der Waals surface area contributed by atoms with Crippen LogP contribution in [0.15, 0.2) is 46.9 Å². The molecule has 140 valence electrons. The highest BCUT2D eigenvalue weighted by Gasteiger charge is 2.25. The minimum atomic E-state index is -0.00616. The Labute approximate surface area is 158 Å². The van der Waals surface area contributed by atoms with Gasteiger partial charge in [-0.2, -0.15) is 0 Å². The molecule has 6 heteroatoms. The van der Waals surface area contributed by atoms with Gasteiger partial charge in [-0.15, -0.1) is 10.2 Å². The summed E-state index contributed by atoms with van der Waals surface area (Å²) in [5, 5.41) is 8.52. The van der Waals surface area contributed by atoms with Crippen molar-refractivity contribution < 1.29 is 13.9 Å². The highest BCUT2D eigenvalue weighted by Crippen LogP contribution is 2.31.